The molecule has 0 amide bonds. The van der Waals surface area contributed by atoms with Crippen LogP contribution < -0.4 is 4.74 Å². The smallest absolute Gasteiger partial charge is 0.347 e. The number of hydrogen-bond acceptors (Lipinski definition) is 6. The fourth-order valence-corrected chi connectivity index (χ4v) is 5.93. The van der Waals surface area contributed by atoms with Crippen LogP contribution in [0.5, 0.6) is 5.75 Å². The first-order chi connectivity index (χ1) is 17.4. The van der Waals surface area contributed by atoms with Gasteiger partial charge in [-0.15, -0.1) is 0 Å². The number of carbonyl (C=O) groups excluding carboxylic acids is 1. The first-order valence-electron chi connectivity index (χ1n) is 13.7. The minimum absolute atomic E-state index is 0.0226. The largest absolute Gasteiger partial charge is 0.479 e. The zero-order valence-electron chi connectivity index (χ0n) is 21.6. The molecule has 1 aromatic rings. The zero-order chi connectivity index (χ0) is 25.5. The second-order valence-corrected chi connectivity index (χ2v) is 10.7. The van der Waals surface area contributed by atoms with Gasteiger partial charge in [-0.3, -0.25) is 0 Å². The van der Waals surface area contributed by atoms with Crippen LogP contribution in [0.4, 0.5) is 0 Å². The van der Waals surface area contributed by atoms with Crippen LogP contribution in [0.1, 0.15) is 65.2 Å². The van der Waals surface area contributed by atoms with Gasteiger partial charge in [0.15, 0.2) is 6.10 Å². The number of benzene rings is 1. The van der Waals surface area contributed by atoms with Crippen molar-refractivity contribution in [1.29, 1.82) is 0 Å². The molecule has 6 nitrogen and oxygen atoms in total. The van der Waals surface area contributed by atoms with Crippen LogP contribution in [0, 0.1) is 17.8 Å². The van der Waals surface area contributed by atoms with E-state index in [-0.39, 0.29) is 30.0 Å². The van der Waals surface area contributed by atoms with Gasteiger partial charge in [0.05, 0.1) is 18.3 Å². The van der Waals surface area contributed by atoms with Gasteiger partial charge in [0.25, 0.3) is 0 Å². The van der Waals surface area contributed by atoms with Gasteiger partial charge < -0.3 is 24.4 Å². The minimum Gasteiger partial charge on any atom is -0.479 e. The standard InChI is InChI=1S/C30H42O6/c1-3-4-10-27(35-24-8-6-5-7-9-24)30(33)36-28-19-23(32)17-21-12-11-20(2)26(29(21)28)14-13-25-18-22(31)15-16-34-25/h5-9,11-12,17,20,22-23,25-29,31-32H,3-4,10,13-16,18-19H2,1-2H3/t20-,22+,23+,25+,26-,27?,28-,29-/m0/s1. The maximum absolute atomic E-state index is 13.4. The van der Waals surface area contributed by atoms with Crippen molar-refractivity contribution >= 4 is 5.97 Å². The normalized spacial score (nSPS) is 32.8. The van der Waals surface area contributed by atoms with E-state index in [1.165, 1.54) is 0 Å². The lowest BCUT2D eigenvalue weighted by Gasteiger charge is -2.43. The third kappa shape index (κ3) is 6.99. The molecule has 4 rings (SSSR count). The Bertz CT molecular complexity index is 896. The molecule has 36 heavy (non-hydrogen) atoms. The molecule has 3 aliphatic rings. The third-order valence-corrected chi connectivity index (χ3v) is 7.91. The van der Waals surface area contributed by atoms with E-state index in [0.717, 1.165) is 31.3 Å². The molecule has 1 fully saturated rings. The highest BCUT2D eigenvalue weighted by Gasteiger charge is 2.43. The molecule has 2 aliphatic carbocycles. The topological polar surface area (TPSA) is 85.2 Å². The third-order valence-electron chi connectivity index (χ3n) is 7.91. The summed E-state index contributed by atoms with van der Waals surface area (Å²) in [6.45, 7) is 4.91. The van der Waals surface area contributed by atoms with Crippen LogP contribution >= 0.6 is 0 Å². The maximum atomic E-state index is 13.4. The fourth-order valence-electron chi connectivity index (χ4n) is 5.93. The molecule has 2 N–H and O–H groups in total. The Kier molecular flexibility index (Phi) is 9.63. The summed E-state index contributed by atoms with van der Waals surface area (Å²) in [5.41, 5.74) is 1.05. The Morgan fingerprint density at radius 3 is 2.72 bits per heavy atom. The van der Waals surface area contributed by atoms with E-state index in [4.69, 9.17) is 14.2 Å². The highest BCUT2D eigenvalue weighted by molar-refractivity contribution is 5.75. The van der Waals surface area contributed by atoms with Crippen LogP contribution in [0.15, 0.2) is 54.1 Å². The average molecular weight is 499 g/mol. The molecule has 0 spiro atoms. The van der Waals surface area contributed by atoms with Crippen molar-refractivity contribution in [3.05, 3.63) is 54.1 Å². The van der Waals surface area contributed by atoms with Crippen LogP contribution in [-0.4, -0.2) is 53.3 Å². The molecule has 1 aliphatic heterocycles. The van der Waals surface area contributed by atoms with E-state index in [2.05, 4.69) is 26.0 Å². The highest BCUT2D eigenvalue weighted by Crippen LogP contribution is 2.44. The Labute approximate surface area is 215 Å². The van der Waals surface area contributed by atoms with E-state index in [1.54, 1.807) is 0 Å². The lowest BCUT2D eigenvalue weighted by molar-refractivity contribution is -0.163. The molecule has 8 atom stereocenters. The number of rotatable bonds is 10. The van der Waals surface area contributed by atoms with Crippen LogP contribution in [0.25, 0.3) is 0 Å². The SMILES string of the molecule is CCCCC(Oc1ccccc1)C(=O)O[C@H]1C[C@H](O)C=C2C=C[C@H](C)[C@H](CC[C@@H]3C[C@H](O)CCO3)[C@H]21. The van der Waals surface area contributed by atoms with Gasteiger partial charge in [-0.05, 0) is 68.1 Å². The Morgan fingerprint density at radius 2 is 1.97 bits per heavy atom. The summed E-state index contributed by atoms with van der Waals surface area (Å²) in [4.78, 5) is 13.4. The van der Waals surface area contributed by atoms with Crippen molar-refractivity contribution in [1.82, 2.24) is 0 Å². The number of para-hydroxylation sites is 1. The number of esters is 1. The first-order valence-corrected chi connectivity index (χ1v) is 13.7. The summed E-state index contributed by atoms with van der Waals surface area (Å²) < 4.78 is 18.2. The van der Waals surface area contributed by atoms with Gasteiger partial charge >= 0.3 is 5.97 Å². The lowest BCUT2D eigenvalue weighted by Crippen LogP contribution is -2.44. The second kappa shape index (κ2) is 12.9. The molecule has 1 saturated heterocycles. The molecule has 0 radical (unpaired) electrons. The van der Waals surface area contributed by atoms with E-state index in [0.29, 0.717) is 44.0 Å². The number of carbonyl (C=O) groups is 1. The van der Waals surface area contributed by atoms with Crippen molar-refractivity contribution in [3.63, 3.8) is 0 Å². The first kappa shape index (κ1) is 26.9. The quantitative estimate of drug-likeness (QED) is 0.442. The van der Waals surface area contributed by atoms with Crippen LogP contribution in [0.3, 0.4) is 0 Å². The summed E-state index contributed by atoms with van der Waals surface area (Å²) in [5, 5.41) is 20.6. The molecule has 0 aromatic heterocycles. The molecule has 0 saturated carbocycles. The van der Waals surface area contributed by atoms with Crippen molar-refractivity contribution in [2.24, 2.45) is 17.8 Å². The minimum atomic E-state index is -0.675. The number of allylic oxidation sites excluding steroid dienone is 2. The molecule has 0 bridgehead atoms. The number of aliphatic hydroxyl groups is 2. The predicted octanol–water partition coefficient (Wildman–Crippen LogP) is 4.99. The zero-order valence-corrected chi connectivity index (χ0v) is 21.6. The number of ether oxygens (including phenoxy) is 3. The number of hydrogen-bond donors (Lipinski definition) is 2. The van der Waals surface area contributed by atoms with Crippen molar-refractivity contribution in [3.8, 4) is 5.75 Å². The number of fused-ring (bicyclic) bond motifs is 1. The van der Waals surface area contributed by atoms with E-state index < -0.39 is 18.3 Å². The summed E-state index contributed by atoms with van der Waals surface area (Å²) in [7, 11) is 0. The number of unbranched alkanes of at least 4 members (excludes halogenated alkanes) is 1. The maximum Gasteiger partial charge on any atom is 0.347 e. The molecule has 1 unspecified atom stereocenters. The average Bonchev–Trinajstić information content (AvgIpc) is 2.86. The Balaban J connectivity index is 1.48. The number of aliphatic hydroxyl groups excluding tert-OH is 2. The molecule has 6 heteroatoms. The molecular formula is C30H42O6. The van der Waals surface area contributed by atoms with Gasteiger partial charge in [0, 0.05) is 18.9 Å². The Morgan fingerprint density at radius 1 is 1.17 bits per heavy atom. The van der Waals surface area contributed by atoms with Gasteiger partial charge in [-0.25, -0.2) is 4.79 Å². The monoisotopic (exact) mass is 498 g/mol. The van der Waals surface area contributed by atoms with E-state index in [9.17, 15) is 15.0 Å². The van der Waals surface area contributed by atoms with E-state index in [1.807, 2.05) is 36.4 Å². The lowest BCUT2D eigenvalue weighted by atomic mass is 9.66. The summed E-state index contributed by atoms with van der Waals surface area (Å²) in [6, 6.07) is 9.40. The fraction of sp³-hybridized carbons (Fsp3) is 0.633. The predicted molar refractivity (Wildman–Crippen MR) is 138 cm³/mol. The summed E-state index contributed by atoms with van der Waals surface area (Å²) in [5.74, 6) is 0.897. The van der Waals surface area contributed by atoms with Gasteiger partial charge in [0.1, 0.15) is 11.9 Å². The van der Waals surface area contributed by atoms with Gasteiger partial charge in [0.2, 0.25) is 0 Å². The van der Waals surface area contributed by atoms with Crippen molar-refractivity contribution in [2.75, 3.05) is 6.61 Å². The van der Waals surface area contributed by atoms with Gasteiger partial charge in [-0.2, -0.15) is 0 Å². The van der Waals surface area contributed by atoms with Crippen LogP contribution in [0.2, 0.25) is 0 Å². The second-order valence-electron chi connectivity index (χ2n) is 10.7. The molecular weight excluding hydrogens is 456 g/mol. The van der Waals surface area contributed by atoms with Gasteiger partial charge in [-0.1, -0.05) is 56.7 Å². The molecule has 1 aromatic carbocycles. The summed E-state index contributed by atoms with van der Waals surface area (Å²) >= 11 is 0. The Hall–Kier alpha value is -2.15. The van der Waals surface area contributed by atoms with Crippen LogP contribution in [-0.2, 0) is 14.3 Å². The van der Waals surface area contributed by atoms with Crippen molar-refractivity contribution < 1.29 is 29.2 Å². The van der Waals surface area contributed by atoms with Crippen molar-refractivity contribution in [2.45, 2.75) is 95.7 Å². The van der Waals surface area contributed by atoms with E-state index >= 15 is 0 Å². The summed E-state index contributed by atoms with van der Waals surface area (Å²) in [6.07, 6.45) is 10.2. The molecule has 198 valence electrons. The highest BCUT2D eigenvalue weighted by atomic mass is 16.6. The molecule has 1 heterocycles.